The van der Waals surface area contributed by atoms with E-state index in [2.05, 4.69) is 20.8 Å². The van der Waals surface area contributed by atoms with Crippen molar-refractivity contribution in [3.8, 4) is 0 Å². The number of hydrogen-bond donors (Lipinski definition) is 1. The lowest BCUT2D eigenvalue weighted by molar-refractivity contribution is -0.138. The first-order valence-electron chi connectivity index (χ1n) is 4.83. The normalized spacial score (nSPS) is 15.6. The molecule has 0 radical (unpaired) electrons. The molecule has 12 heavy (non-hydrogen) atoms. The third-order valence-electron chi connectivity index (χ3n) is 2.51. The van der Waals surface area contributed by atoms with E-state index in [0.717, 1.165) is 19.3 Å². The Bertz CT molecular complexity index is 132. The second kappa shape index (κ2) is 6.04. The highest BCUT2D eigenvalue weighted by atomic mass is 16.4. The summed E-state index contributed by atoms with van der Waals surface area (Å²) in [5.41, 5.74) is 0. The van der Waals surface area contributed by atoms with Gasteiger partial charge in [0.2, 0.25) is 0 Å². The molecule has 2 unspecified atom stereocenters. The summed E-state index contributed by atoms with van der Waals surface area (Å²) >= 11 is 0. The lowest BCUT2D eigenvalue weighted by Gasteiger charge is -2.20. The quantitative estimate of drug-likeness (QED) is 0.668. The maximum absolute atomic E-state index is 10.5. The fourth-order valence-electron chi connectivity index (χ4n) is 1.66. The van der Waals surface area contributed by atoms with Crippen LogP contribution in [0.25, 0.3) is 0 Å². The summed E-state index contributed by atoms with van der Waals surface area (Å²) in [5, 5.41) is 8.63. The average Bonchev–Trinajstić information content (AvgIpc) is 2.00. The molecule has 0 aliphatic carbocycles. The summed E-state index contributed by atoms with van der Waals surface area (Å²) in [6.07, 6.45) is 3.61. The van der Waals surface area contributed by atoms with Crippen molar-refractivity contribution in [1.29, 1.82) is 0 Å². The SMILES string of the molecule is CCCC(C)C(CC)CC(=O)O. The minimum absolute atomic E-state index is 0.331. The highest BCUT2D eigenvalue weighted by Crippen LogP contribution is 2.23. The first-order valence-corrected chi connectivity index (χ1v) is 4.83. The van der Waals surface area contributed by atoms with E-state index in [1.54, 1.807) is 0 Å². The molecule has 0 saturated carbocycles. The van der Waals surface area contributed by atoms with Gasteiger partial charge in [0.05, 0.1) is 0 Å². The third-order valence-corrected chi connectivity index (χ3v) is 2.51. The first kappa shape index (κ1) is 11.5. The number of carboxylic acids is 1. The second-order valence-electron chi connectivity index (χ2n) is 3.53. The predicted octanol–water partition coefficient (Wildman–Crippen LogP) is 2.92. The highest BCUT2D eigenvalue weighted by Gasteiger charge is 2.17. The standard InChI is InChI=1S/C10H20O2/c1-4-6-8(3)9(5-2)7-10(11)12/h8-9H,4-7H2,1-3H3,(H,11,12). The van der Waals surface area contributed by atoms with Crippen molar-refractivity contribution in [1.82, 2.24) is 0 Å². The van der Waals surface area contributed by atoms with Gasteiger partial charge >= 0.3 is 5.97 Å². The van der Waals surface area contributed by atoms with Crippen molar-refractivity contribution in [2.45, 2.75) is 46.5 Å². The van der Waals surface area contributed by atoms with E-state index in [0.29, 0.717) is 18.3 Å². The van der Waals surface area contributed by atoms with Gasteiger partial charge in [-0.3, -0.25) is 4.79 Å². The van der Waals surface area contributed by atoms with Gasteiger partial charge < -0.3 is 5.11 Å². The van der Waals surface area contributed by atoms with Gasteiger partial charge in [-0.05, 0) is 11.8 Å². The monoisotopic (exact) mass is 172 g/mol. The molecule has 0 rings (SSSR count). The summed E-state index contributed by atoms with van der Waals surface area (Å²) in [7, 11) is 0. The first-order chi connectivity index (χ1) is 5.61. The number of carbonyl (C=O) groups is 1. The molecule has 0 bridgehead atoms. The molecular weight excluding hydrogens is 152 g/mol. The Hall–Kier alpha value is -0.530. The van der Waals surface area contributed by atoms with Gasteiger partial charge in [-0.2, -0.15) is 0 Å². The van der Waals surface area contributed by atoms with Crippen LogP contribution >= 0.6 is 0 Å². The van der Waals surface area contributed by atoms with Crippen molar-refractivity contribution in [3.63, 3.8) is 0 Å². The molecule has 0 fully saturated rings. The summed E-state index contributed by atoms with van der Waals surface area (Å²) in [5.74, 6) is 0.253. The van der Waals surface area contributed by atoms with Gasteiger partial charge in [-0.25, -0.2) is 0 Å². The molecule has 0 aromatic rings. The third kappa shape index (κ3) is 4.37. The van der Waals surface area contributed by atoms with E-state index >= 15 is 0 Å². The Labute approximate surface area is 75.0 Å². The van der Waals surface area contributed by atoms with Gasteiger partial charge in [-0.1, -0.05) is 40.0 Å². The molecule has 0 amide bonds. The zero-order valence-electron chi connectivity index (χ0n) is 8.34. The second-order valence-corrected chi connectivity index (χ2v) is 3.53. The van der Waals surface area contributed by atoms with E-state index in [-0.39, 0.29) is 0 Å². The Balaban J connectivity index is 3.86. The fourth-order valence-corrected chi connectivity index (χ4v) is 1.66. The molecule has 0 heterocycles. The molecule has 2 heteroatoms. The predicted molar refractivity (Wildman–Crippen MR) is 50.1 cm³/mol. The summed E-state index contributed by atoms with van der Waals surface area (Å²) in [6, 6.07) is 0. The van der Waals surface area contributed by atoms with Crippen molar-refractivity contribution in [2.75, 3.05) is 0 Å². The van der Waals surface area contributed by atoms with Crippen molar-refractivity contribution < 1.29 is 9.90 Å². The maximum Gasteiger partial charge on any atom is 0.303 e. The topological polar surface area (TPSA) is 37.3 Å². The molecule has 2 nitrogen and oxygen atoms in total. The van der Waals surface area contributed by atoms with Gasteiger partial charge in [-0.15, -0.1) is 0 Å². The van der Waals surface area contributed by atoms with Crippen molar-refractivity contribution in [2.24, 2.45) is 11.8 Å². The van der Waals surface area contributed by atoms with Crippen LogP contribution in [0.15, 0.2) is 0 Å². The van der Waals surface area contributed by atoms with Crippen LogP contribution in [0.2, 0.25) is 0 Å². The highest BCUT2D eigenvalue weighted by molar-refractivity contribution is 5.67. The molecule has 0 spiro atoms. The largest absolute Gasteiger partial charge is 0.481 e. The molecule has 0 aliphatic rings. The van der Waals surface area contributed by atoms with E-state index in [1.807, 2.05) is 0 Å². The Kier molecular flexibility index (Phi) is 5.77. The van der Waals surface area contributed by atoms with Crippen LogP contribution in [-0.2, 0) is 4.79 Å². The number of rotatable bonds is 6. The maximum atomic E-state index is 10.5. The summed E-state index contributed by atoms with van der Waals surface area (Å²) < 4.78 is 0. The molecular formula is C10H20O2. The van der Waals surface area contributed by atoms with E-state index in [9.17, 15) is 4.79 Å². The Morgan fingerprint density at radius 1 is 1.42 bits per heavy atom. The van der Waals surface area contributed by atoms with Crippen molar-refractivity contribution >= 4 is 5.97 Å². The van der Waals surface area contributed by atoms with Crippen LogP contribution in [0.1, 0.15) is 46.5 Å². The van der Waals surface area contributed by atoms with Gasteiger partial charge in [0, 0.05) is 6.42 Å². The smallest absolute Gasteiger partial charge is 0.303 e. The number of aliphatic carboxylic acids is 1. The van der Waals surface area contributed by atoms with Crippen molar-refractivity contribution in [3.05, 3.63) is 0 Å². The van der Waals surface area contributed by atoms with Gasteiger partial charge in [0.15, 0.2) is 0 Å². The molecule has 2 atom stereocenters. The lowest BCUT2D eigenvalue weighted by Crippen LogP contribution is -2.15. The Morgan fingerprint density at radius 3 is 2.33 bits per heavy atom. The fraction of sp³-hybridized carbons (Fsp3) is 0.900. The average molecular weight is 172 g/mol. The molecule has 0 aromatic carbocycles. The lowest BCUT2D eigenvalue weighted by atomic mass is 9.86. The molecule has 1 N–H and O–H groups in total. The zero-order valence-corrected chi connectivity index (χ0v) is 8.34. The van der Waals surface area contributed by atoms with E-state index in [4.69, 9.17) is 5.11 Å². The Morgan fingerprint density at radius 2 is 2.00 bits per heavy atom. The van der Waals surface area contributed by atoms with Crippen LogP contribution in [0.5, 0.6) is 0 Å². The number of carboxylic acid groups (broad SMARTS) is 1. The van der Waals surface area contributed by atoms with Gasteiger partial charge in [0.25, 0.3) is 0 Å². The molecule has 72 valence electrons. The molecule has 0 aromatic heterocycles. The van der Waals surface area contributed by atoms with E-state index in [1.165, 1.54) is 0 Å². The minimum atomic E-state index is -0.662. The summed E-state index contributed by atoms with van der Waals surface area (Å²) in [6.45, 7) is 6.37. The van der Waals surface area contributed by atoms with Crippen LogP contribution in [0.4, 0.5) is 0 Å². The van der Waals surface area contributed by atoms with Crippen LogP contribution < -0.4 is 0 Å². The zero-order chi connectivity index (χ0) is 9.56. The molecule has 0 saturated heterocycles. The van der Waals surface area contributed by atoms with Crippen LogP contribution in [0, 0.1) is 11.8 Å². The van der Waals surface area contributed by atoms with Gasteiger partial charge in [0.1, 0.15) is 0 Å². The molecule has 0 aliphatic heterocycles. The van der Waals surface area contributed by atoms with Crippen LogP contribution in [0.3, 0.4) is 0 Å². The minimum Gasteiger partial charge on any atom is -0.481 e. The van der Waals surface area contributed by atoms with E-state index < -0.39 is 5.97 Å². The number of hydrogen-bond acceptors (Lipinski definition) is 1. The summed E-state index contributed by atoms with van der Waals surface area (Å²) in [4.78, 5) is 10.5. The van der Waals surface area contributed by atoms with Crippen LogP contribution in [-0.4, -0.2) is 11.1 Å².